The molecule has 11 nitrogen and oxygen atoms in total. The van der Waals surface area contributed by atoms with Crippen molar-refractivity contribution < 1.29 is 21.9 Å². The maximum absolute atomic E-state index is 13.4. The highest BCUT2D eigenvalue weighted by Gasteiger charge is 2.36. The number of thiophene rings is 1. The molecule has 2 aliphatic carbocycles. The zero-order valence-electron chi connectivity index (χ0n) is 19.4. The second kappa shape index (κ2) is 8.67. The first-order chi connectivity index (χ1) is 17.6. The number of hydrogen-bond acceptors (Lipinski definition) is 9. The summed E-state index contributed by atoms with van der Waals surface area (Å²) in [7, 11) is -7.93. The number of aromatic nitrogens is 2. The number of hydrogen-bond donors (Lipinski definition) is 3. The van der Waals surface area contributed by atoms with Crippen LogP contribution in [-0.2, 0) is 26.6 Å². The summed E-state index contributed by atoms with van der Waals surface area (Å²) in [5, 5.41) is 19.7. The highest BCUT2D eigenvalue weighted by molar-refractivity contribution is 7.93. The molecule has 194 valence electrons. The van der Waals surface area contributed by atoms with Gasteiger partial charge in [-0.25, -0.2) is 13.1 Å². The SMILES string of the molecule is O=c1c(C2=NS(=O)(=O)c3cc(NS(=O)(=O)C4CC4)ccc3N2)c(O)c(-c2cccs2)nn1CCC1CC1. The minimum atomic E-state index is -4.34. The van der Waals surface area contributed by atoms with Crippen molar-refractivity contribution in [2.75, 3.05) is 10.0 Å². The van der Waals surface area contributed by atoms with Crippen molar-refractivity contribution in [2.24, 2.45) is 10.3 Å². The average molecular weight is 562 g/mol. The molecular formula is C23H23N5O6S3. The molecule has 0 bridgehead atoms. The molecule has 3 aliphatic rings. The molecule has 3 N–H and O–H groups in total. The van der Waals surface area contributed by atoms with Gasteiger partial charge in [0, 0.05) is 12.2 Å². The maximum Gasteiger partial charge on any atom is 0.286 e. The Hall–Kier alpha value is -3.23. The maximum atomic E-state index is 13.4. The van der Waals surface area contributed by atoms with Crippen LogP contribution in [-0.4, -0.2) is 42.8 Å². The first-order valence-electron chi connectivity index (χ1n) is 11.8. The highest BCUT2D eigenvalue weighted by Crippen LogP contribution is 2.37. The Morgan fingerprint density at radius 1 is 1.19 bits per heavy atom. The summed E-state index contributed by atoms with van der Waals surface area (Å²) in [5.74, 6) is -0.254. The molecule has 3 heterocycles. The molecule has 0 amide bonds. The standard InChI is InChI=1S/C23H23N5O6S3/c29-21-19(23(30)28(10-9-13-3-4-13)25-20(21)17-2-1-11-35-17)22-24-16-8-5-14(12-18(16)37(33,34)27-22)26-36(31,32)15-6-7-15/h1-2,5,8,11-13,15,26,29H,3-4,6-7,9-10H2,(H,24,27). The van der Waals surface area contributed by atoms with Gasteiger partial charge in [0.1, 0.15) is 16.2 Å². The van der Waals surface area contributed by atoms with E-state index in [1.807, 2.05) is 5.38 Å². The predicted molar refractivity (Wildman–Crippen MR) is 140 cm³/mol. The number of benzene rings is 1. The van der Waals surface area contributed by atoms with Gasteiger partial charge in [0.05, 0.1) is 15.8 Å². The van der Waals surface area contributed by atoms with Gasteiger partial charge in [-0.1, -0.05) is 18.9 Å². The molecule has 14 heteroatoms. The van der Waals surface area contributed by atoms with E-state index in [-0.39, 0.29) is 33.4 Å². The predicted octanol–water partition coefficient (Wildman–Crippen LogP) is 2.94. The van der Waals surface area contributed by atoms with E-state index in [1.165, 1.54) is 34.2 Å². The quantitative estimate of drug-likeness (QED) is 0.378. The van der Waals surface area contributed by atoms with Crippen LogP contribution in [0.25, 0.3) is 10.6 Å². The lowest BCUT2D eigenvalue weighted by Gasteiger charge is -2.20. The Balaban J connectivity index is 1.42. The van der Waals surface area contributed by atoms with Gasteiger partial charge in [0.15, 0.2) is 11.6 Å². The Bertz CT molecular complexity index is 1700. The summed E-state index contributed by atoms with van der Waals surface area (Å²) in [4.78, 5) is 13.8. The third-order valence-electron chi connectivity index (χ3n) is 6.51. The van der Waals surface area contributed by atoms with Crippen LogP contribution in [0.15, 0.2) is 49.8 Å². The number of anilines is 2. The van der Waals surface area contributed by atoms with Crippen molar-refractivity contribution in [1.82, 2.24) is 9.78 Å². The molecule has 1 aromatic carbocycles. The first-order valence-corrected chi connectivity index (χ1v) is 15.6. The third kappa shape index (κ3) is 4.64. The number of aryl methyl sites for hydroxylation is 1. The largest absolute Gasteiger partial charge is 0.505 e. The average Bonchev–Trinajstić information content (AvgIpc) is 3.77. The number of nitrogens with zero attached hydrogens (tertiary/aromatic N) is 3. The minimum absolute atomic E-state index is 0.101. The van der Waals surface area contributed by atoms with E-state index in [2.05, 4.69) is 19.5 Å². The molecule has 37 heavy (non-hydrogen) atoms. The molecule has 0 unspecified atom stereocenters. The number of rotatable bonds is 8. The number of nitrogens with one attached hydrogen (secondary N) is 2. The van der Waals surface area contributed by atoms with Crippen molar-refractivity contribution in [3.63, 3.8) is 0 Å². The second-order valence-corrected chi connectivity index (χ2v) is 13.9. The van der Waals surface area contributed by atoms with Crippen molar-refractivity contribution >= 4 is 48.6 Å². The lowest BCUT2D eigenvalue weighted by Crippen LogP contribution is -2.34. The first kappa shape index (κ1) is 24.1. The molecule has 3 aromatic rings. The lowest BCUT2D eigenvalue weighted by molar-refractivity contribution is 0.455. The van der Waals surface area contributed by atoms with Crippen LogP contribution >= 0.6 is 11.3 Å². The molecule has 6 rings (SSSR count). The fourth-order valence-electron chi connectivity index (χ4n) is 4.17. The monoisotopic (exact) mass is 561 g/mol. The van der Waals surface area contributed by atoms with E-state index in [4.69, 9.17) is 0 Å². The normalized spacial score (nSPS) is 18.5. The van der Waals surface area contributed by atoms with Gasteiger partial charge in [0.25, 0.3) is 15.6 Å². The summed E-state index contributed by atoms with van der Waals surface area (Å²) >= 11 is 1.33. The van der Waals surface area contributed by atoms with Crippen molar-refractivity contribution in [3.8, 4) is 16.3 Å². The van der Waals surface area contributed by atoms with Crippen molar-refractivity contribution in [2.45, 2.75) is 48.8 Å². The minimum Gasteiger partial charge on any atom is -0.505 e. The number of amidine groups is 1. The van der Waals surface area contributed by atoms with Crippen LogP contribution in [0.1, 0.15) is 37.7 Å². The fraction of sp³-hybridized carbons (Fsp3) is 0.348. The fourth-order valence-corrected chi connectivity index (χ4v) is 7.41. The molecule has 0 spiro atoms. The van der Waals surface area contributed by atoms with Crippen LogP contribution in [0.5, 0.6) is 5.75 Å². The van der Waals surface area contributed by atoms with Gasteiger partial charge in [-0.05, 0) is 54.8 Å². The van der Waals surface area contributed by atoms with E-state index in [0.29, 0.717) is 30.2 Å². The summed E-state index contributed by atoms with van der Waals surface area (Å²) in [6, 6.07) is 7.55. The highest BCUT2D eigenvalue weighted by atomic mass is 32.2. The summed E-state index contributed by atoms with van der Waals surface area (Å²) in [6.07, 6.45) is 4.07. The van der Waals surface area contributed by atoms with Crippen LogP contribution < -0.4 is 15.6 Å². The molecule has 2 aromatic heterocycles. The van der Waals surface area contributed by atoms with Crippen molar-refractivity contribution in [3.05, 3.63) is 51.6 Å². The van der Waals surface area contributed by atoms with Gasteiger partial charge in [-0.3, -0.25) is 9.52 Å². The van der Waals surface area contributed by atoms with Crippen LogP contribution in [0.3, 0.4) is 0 Å². The van der Waals surface area contributed by atoms with Gasteiger partial charge in [-0.15, -0.1) is 15.7 Å². The number of sulfonamides is 2. The number of aromatic hydroxyl groups is 1. The smallest absolute Gasteiger partial charge is 0.286 e. The Morgan fingerprint density at radius 2 is 1.97 bits per heavy atom. The molecule has 0 saturated heterocycles. The second-order valence-electron chi connectivity index (χ2n) is 9.41. The molecule has 2 saturated carbocycles. The topological polar surface area (TPSA) is 160 Å². The number of fused-ring (bicyclic) bond motifs is 1. The summed E-state index contributed by atoms with van der Waals surface area (Å²) in [6.45, 7) is 0.330. The van der Waals surface area contributed by atoms with Crippen LogP contribution in [0, 0.1) is 5.92 Å². The zero-order chi connectivity index (χ0) is 25.9. The molecule has 0 radical (unpaired) electrons. The summed E-state index contributed by atoms with van der Waals surface area (Å²) in [5.41, 5.74) is -0.571. The van der Waals surface area contributed by atoms with Crippen LogP contribution in [0.4, 0.5) is 11.4 Å². The Kier molecular flexibility index (Phi) is 5.65. The Labute approximate surface area is 217 Å². The van der Waals surface area contributed by atoms with E-state index >= 15 is 0 Å². The zero-order valence-corrected chi connectivity index (χ0v) is 21.9. The molecule has 1 aliphatic heterocycles. The molecule has 2 fully saturated rings. The van der Waals surface area contributed by atoms with Gasteiger partial charge in [-0.2, -0.15) is 13.5 Å². The molecular weight excluding hydrogens is 538 g/mol. The van der Waals surface area contributed by atoms with Crippen LogP contribution in [0.2, 0.25) is 0 Å². The van der Waals surface area contributed by atoms with Gasteiger partial charge >= 0.3 is 0 Å². The van der Waals surface area contributed by atoms with Crippen molar-refractivity contribution in [1.29, 1.82) is 0 Å². The third-order valence-corrected chi connectivity index (χ3v) is 10.6. The summed E-state index contributed by atoms with van der Waals surface area (Å²) < 4.78 is 58.4. The Morgan fingerprint density at radius 3 is 2.65 bits per heavy atom. The lowest BCUT2D eigenvalue weighted by atomic mass is 10.1. The molecule has 0 atom stereocenters. The van der Waals surface area contributed by atoms with Gasteiger partial charge < -0.3 is 10.4 Å². The van der Waals surface area contributed by atoms with Gasteiger partial charge in [0.2, 0.25) is 10.0 Å². The van der Waals surface area contributed by atoms with E-state index < -0.39 is 36.6 Å². The van der Waals surface area contributed by atoms with E-state index in [0.717, 1.165) is 19.3 Å². The van der Waals surface area contributed by atoms with E-state index in [9.17, 15) is 26.7 Å². The van der Waals surface area contributed by atoms with E-state index in [1.54, 1.807) is 12.1 Å².